The maximum atomic E-state index is 12.3. The van der Waals surface area contributed by atoms with E-state index in [1.807, 2.05) is 19.0 Å². The van der Waals surface area contributed by atoms with Gasteiger partial charge in [-0.15, -0.1) is 0 Å². The van der Waals surface area contributed by atoms with Crippen molar-refractivity contribution in [2.45, 2.75) is 13.0 Å². The minimum absolute atomic E-state index is 0.0541. The van der Waals surface area contributed by atoms with Gasteiger partial charge in [0.25, 0.3) is 5.56 Å². The van der Waals surface area contributed by atoms with Crippen molar-refractivity contribution in [2.24, 2.45) is 0 Å². The van der Waals surface area contributed by atoms with Crippen LogP contribution in [0.5, 0.6) is 0 Å². The van der Waals surface area contributed by atoms with E-state index < -0.39 is 0 Å². The second-order valence-corrected chi connectivity index (χ2v) is 6.06. The first-order valence-corrected chi connectivity index (χ1v) is 7.75. The van der Waals surface area contributed by atoms with E-state index in [1.165, 1.54) is 4.68 Å². The van der Waals surface area contributed by atoms with Gasteiger partial charge in [0.05, 0.1) is 18.4 Å². The number of anilines is 1. The highest BCUT2D eigenvalue weighted by atomic mass is 79.9. The summed E-state index contributed by atoms with van der Waals surface area (Å²) < 4.78 is 2.14. The molecule has 0 bridgehead atoms. The summed E-state index contributed by atoms with van der Waals surface area (Å²) in [5.41, 5.74) is 0.848. The van der Waals surface area contributed by atoms with Crippen LogP contribution in [0.3, 0.4) is 0 Å². The largest absolute Gasteiger partial charge is 0.368 e. The zero-order valence-corrected chi connectivity index (χ0v) is 13.7. The van der Waals surface area contributed by atoms with Gasteiger partial charge >= 0.3 is 0 Å². The lowest BCUT2D eigenvalue weighted by atomic mass is 10.3. The van der Waals surface area contributed by atoms with Gasteiger partial charge < -0.3 is 15.1 Å². The third-order valence-electron chi connectivity index (χ3n) is 3.41. The molecule has 0 spiro atoms. The maximum Gasteiger partial charge on any atom is 0.283 e. The summed E-state index contributed by atoms with van der Waals surface area (Å²) in [5, 5.41) is 7.66. The second-order valence-electron chi connectivity index (χ2n) is 5.27. The standard InChI is InChI=1S/C13H22BrN5O/c1-17(2)8-9-19-13(20)12(14)11(10-16-19)18-6-3-4-15-5-7-18/h10,15H,3-9H2,1-2H3. The third kappa shape index (κ3) is 3.80. The molecule has 0 aliphatic carbocycles. The number of hydrogen-bond acceptors (Lipinski definition) is 5. The Labute approximate surface area is 127 Å². The van der Waals surface area contributed by atoms with Crippen LogP contribution < -0.4 is 15.8 Å². The van der Waals surface area contributed by atoms with E-state index in [2.05, 4.69) is 31.2 Å². The van der Waals surface area contributed by atoms with Crippen LogP contribution in [0.15, 0.2) is 15.5 Å². The molecule has 1 aliphatic heterocycles. The summed E-state index contributed by atoms with van der Waals surface area (Å²) in [6.45, 7) is 5.23. The molecule has 0 radical (unpaired) electrons. The van der Waals surface area contributed by atoms with Crippen molar-refractivity contribution in [1.82, 2.24) is 20.0 Å². The van der Waals surface area contributed by atoms with Crippen molar-refractivity contribution >= 4 is 21.6 Å². The Morgan fingerprint density at radius 3 is 2.95 bits per heavy atom. The number of nitrogens with zero attached hydrogens (tertiary/aromatic N) is 4. The maximum absolute atomic E-state index is 12.3. The first-order chi connectivity index (χ1) is 9.59. The van der Waals surface area contributed by atoms with E-state index in [-0.39, 0.29) is 5.56 Å². The first kappa shape index (κ1) is 15.5. The normalized spacial score (nSPS) is 16.5. The minimum atomic E-state index is -0.0541. The molecule has 6 nitrogen and oxygen atoms in total. The number of hydrogen-bond donors (Lipinski definition) is 1. The van der Waals surface area contributed by atoms with Crippen molar-refractivity contribution in [2.75, 3.05) is 51.7 Å². The molecular formula is C13H22BrN5O. The Morgan fingerprint density at radius 2 is 2.20 bits per heavy atom. The summed E-state index contributed by atoms with van der Waals surface area (Å²) in [7, 11) is 3.97. The number of likely N-dealkylation sites (N-methyl/N-ethyl adjacent to an activating group) is 1. The fourth-order valence-corrected chi connectivity index (χ4v) is 2.78. The fraction of sp³-hybridized carbons (Fsp3) is 0.692. The number of halogens is 1. The Balaban J connectivity index is 2.19. The highest BCUT2D eigenvalue weighted by molar-refractivity contribution is 9.10. The average Bonchev–Trinajstić information content (AvgIpc) is 2.69. The third-order valence-corrected chi connectivity index (χ3v) is 4.15. The molecule has 1 aromatic rings. The van der Waals surface area contributed by atoms with Gasteiger partial charge in [0.1, 0.15) is 4.47 Å². The predicted molar refractivity (Wildman–Crippen MR) is 84.5 cm³/mol. The van der Waals surface area contributed by atoms with Crippen molar-refractivity contribution in [1.29, 1.82) is 0 Å². The Kier molecular flexibility index (Phi) is 5.56. The van der Waals surface area contributed by atoms with Crippen LogP contribution in [-0.4, -0.2) is 61.5 Å². The molecule has 112 valence electrons. The van der Waals surface area contributed by atoms with Gasteiger partial charge in [-0.3, -0.25) is 4.79 Å². The number of rotatable bonds is 4. The van der Waals surface area contributed by atoms with Gasteiger partial charge in [-0.05, 0) is 43.0 Å². The van der Waals surface area contributed by atoms with E-state index in [9.17, 15) is 4.79 Å². The average molecular weight is 344 g/mol. The van der Waals surface area contributed by atoms with Crippen molar-refractivity contribution in [3.8, 4) is 0 Å². The van der Waals surface area contributed by atoms with Gasteiger partial charge in [-0.2, -0.15) is 5.10 Å². The number of aromatic nitrogens is 2. The van der Waals surface area contributed by atoms with Gasteiger partial charge in [0.2, 0.25) is 0 Å². The van der Waals surface area contributed by atoms with E-state index in [4.69, 9.17) is 0 Å². The van der Waals surface area contributed by atoms with Crippen molar-refractivity contribution in [3.63, 3.8) is 0 Å². The zero-order chi connectivity index (χ0) is 14.5. The zero-order valence-electron chi connectivity index (χ0n) is 12.1. The highest BCUT2D eigenvalue weighted by Gasteiger charge is 2.16. The summed E-state index contributed by atoms with van der Waals surface area (Å²) in [6.07, 6.45) is 2.88. The summed E-state index contributed by atoms with van der Waals surface area (Å²) >= 11 is 3.45. The Morgan fingerprint density at radius 1 is 1.40 bits per heavy atom. The van der Waals surface area contributed by atoms with Crippen molar-refractivity contribution in [3.05, 3.63) is 21.0 Å². The smallest absolute Gasteiger partial charge is 0.283 e. The monoisotopic (exact) mass is 343 g/mol. The van der Waals surface area contributed by atoms with Crippen molar-refractivity contribution < 1.29 is 0 Å². The lowest BCUT2D eigenvalue weighted by molar-refractivity contribution is 0.367. The first-order valence-electron chi connectivity index (χ1n) is 6.95. The lowest BCUT2D eigenvalue weighted by Gasteiger charge is -2.23. The topological polar surface area (TPSA) is 53.4 Å². The van der Waals surface area contributed by atoms with Gasteiger partial charge in [-0.1, -0.05) is 0 Å². The van der Waals surface area contributed by atoms with Crippen LogP contribution >= 0.6 is 15.9 Å². The molecule has 0 amide bonds. The quantitative estimate of drug-likeness (QED) is 0.855. The molecule has 20 heavy (non-hydrogen) atoms. The highest BCUT2D eigenvalue weighted by Crippen LogP contribution is 2.21. The fourth-order valence-electron chi connectivity index (χ4n) is 2.22. The molecule has 2 rings (SSSR count). The molecule has 7 heteroatoms. The van der Waals surface area contributed by atoms with Crippen LogP contribution in [0, 0.1) is 0 Å². The minimum Gasteiger partial charge on any atom is -0.368 e. The van der Waals surface area contributed by atoms with E-state index in [0.717, 1.165) is 44.8 Å². The van der Waals surface area contributed by atoms with Gasteiger partial charge in [-0.25, -0.2) is 4.68 Å². The molecular weight excluding hydrogens is 322 g/mol. The molecule has 1 saturated heterocycles. The van der Waals surface area contributed by atoms with Crippen LogP contribution in [0.1, 0.15) is 6.42 Å². The molecule has 2 heterocycles. The molecule has 0 saturated carbocycles. The van der Waals surface area contributed by atoms with E-state index in [0.29, 0.717) is 11.0 Å². The predicted octanol–water partition coefficient (Wildman–Crippen LogP) is 0.367. The molecule has 0 atom stereocenters. The SMILES string of the molecule is CN(C)CCn1ncc(N2CCCNCC2)c(Br)c1=O. The lowest BCUT2D eigenvalue weighted by Crippen LogP contribution is -2.33. The summed E-state index contributed by atoms with van der Waals surface area (Å²) in [5.74, 6) is 0. The summed E-state index contributed by atoms with van der Waals surface area (Å²) in [6, 6.07) is 0. The molecule has 0 aromatic carbocycles. The van der Waals surface area contributed by atoms with Gasteiger partial charge in [0, 0.05) is 26.2 Å². The molecule has 1 aromatic heterocycles. The number of nitrogens with one attached hydrogen (secondary N) is 1. The van der Waals surface area contributed by atoms with Crippen LogP contribution in [0.25, 0.3) is 0 Å². The Bertz CT molecular complexity index is 494. The molecule has 1 N–H and O–H groups in total. The van der Waals surface area contributed by atoms with E-state index in [1.54, 1.807) is 6.20 Å². The van der Waals surface area contributed by atoms with Crippen LogP contribution in [0.2, 0.25) is 0 Å². The summed E-state index contributed by atoms with van der Waals surface area (Å²) in [4.78, 5) is 16.6. The molecule has 1 fully saturated rings. The van der Waals surface area contributed by atoms with Gasteiger partial charge in [0.15, 0.2) is 0 Å². The molecule has 0 unspecified atom stereocenters. The Hall–Kier alpha value is -0.920. The molecule has 1 aliphatic rings. The van der Waals surface area contributed by atoms with Crippen LogP contribution in [-0.2, 0) is 6.54 Å². The second kappa shape index (κ2) is 7.19. The van der Waals surface area contributed by atoms with Crippen LogP contribution in [0.4, 0.5) is 5.69 Å². The van der Waals surface area contributed by atoms with E-state index >= 15 is 0 Å².